The van der Waals surface area contributed by atoms with Gasteiger partial charge in [-0.05, 0) is 35.1 Å². The molecule has 2 aromatic rings. The SMILES string of the molecule is C=CCn1c(=O)ccc2cc(C(=O)O)cc(C(C)C)c21. The molecule has 0 bridgehead atoms. The molecule has 2 rings (SSSR count). The van der Waals surface area contributed by atoms with E-state index in [1.54, 1.807) is 28.8 Å². The molecule has 1 aromatic heterocycles. The molecule has 20 heavy (non-hydrogen) atoms. The summed E-state index contributed by atoms with van der Waals surface area (Å²) in [5, 5.41) is 9.95. The Labute approximate surface area is 117 Å². The van der Waals surface area contributed by atoms with Gasteiger partial charge in [0.25, 0.3) is 5.56 Å². The maximum atomic E-state index is 12.0. The summed E-state index contributed by atoms with van der Waals surface area (Å²) < 4.78 is 1.63. The van der Waals surface area contributed by atoms with Crippen LogP contribution >= 0.6 is 0 Å². The third-order valence-corrected chi connectivity index (χ3v) is 3.29. The summed E-state index contributed by atoms with van der Waals surface area (Å²) in [6.45, 7) is 8.04. The molecule has 0 aliphatic heterocycles. The van der Waals surface area contributed by atoms with Crippen LogP contribution in [0.1, 0.15) is 35.7 Å². The fourth-order valence-corrected chi connectivity index (χ4v) is 2.35. The average Bonchev–Trinajstić information content (AvgIpc) is 2.40. The van der Waals surface area contributed by atoms with Crippen molar-refractivity contribution >= 4 is 16.9 Å². The summed E-state index contributed by atoms with van der Waals surface area (Å²) in [5.41, 5.74) is 1.78. The molecule has 1 N–H and O–H groups in total. The molecule has 4 heteroatoms. The van der Waals surface area contributed by atoms with E-state index in [9.17, 15) is 14.7 Å². The summed E-state index contributed by atoms with van der Waals surface area (Å²) in [4.78, 5) is 23.2. The quantitative estimate of drug-likeness (QED) is 0.869. The van der Waals surface area contributed by atoms with Crippen molar-refractivity contribution < 1.29 is 9.90 Å². The van der Waals surface area contributed by atoms with Crippen molar-refractivity contribution in [3.05, 3.63) is 58.4 Å². The van der Waals surface area contributed by atoms with E-state index in [1.165, 1.54) is 6.07 Å². The average molecular weight is 271 g/mol. The highest BCUT2D eigenvalue weighted by Crippen LogP contribution is 2.26. The number of hydrogen-bond donors (Lipinski definition) is 1. The maximum Gasteiger partial charge on any atom is 0.335 e. The number of nitrogens with zero attached hydrogens (tertiary/aromatic N) is 1. The Morgan fingerprint density at radius 2 is 2.10 bits per heavy atom. The molecule has 0 fully saturated rings. The van der Waals surface area contributed by atoms with Gasteiger partial charge in [-0.1, -0.05) is 19.9 Å². The number of carboxylic acid groups (broad SMARTS) is 1. The van der Waals surface area contributed by atoms with Gasteiger partial charge in [-0.2, -0.15) is 0 Å². The molecule has 1 heterocycles. The van der Waals surface area contributed by atoms with Crippen molar-refractivity contribution in [3.63, 3.8) is 0 Å². The number of carbonyl (C=O) groups is 1. The van der Waals surface area contributed by atoms with Crippen LogP contribution in [0.4, 0.5) is 0 Å². The third-order valence-electron chi connectivity index (χ3n) is 3.29. The molecule has 1 aromatic carbocycles. The van der Waals surface area contributed by atoms with Crippen molar-refractivity contribution in [2.75, 3.05) is 0 Å². The topological polar surface area (TPSA) is 59.3 Å². The highest BCUT2D eigenvalue weighted by atomic mass is 16.4. The number of allylic oxidation sites excluding steroid dienone is 1. The first-order chi connectivity index (χ1) is 9.45. The zero-order chi connectivity index (χ0) is 14.9. The maximum absolute atomic E-state index is 12.0. The van der Waals surface area contributed by atoms with E-state index >= 15 is 0 Å². The van der Waals surface area contributed by atoms with Gasteiger partial charge >= 0.3 is 5.97 Å². The number of fused-ring (bicyclic) bond motifs is 1. The Morgan fingerprint density at radius 3 is 2.65 bits per heavy atom. The summed E-state index contributed by atoms with van der Waals surface area (Å²) in [5.74, 6) is -0.843. The third kappa shape index (κ3) is 2.37. The van der Waals surface area contributed by atoms with Gasteiger partial charge < -0.3 is 9.67 Å². The van der Waals surface area contributed by atoms with Crippen molar-refractivity contribution in [3.8, 4) is 0 Å². The van der Waals surface area contributed by atoms with E-state index < -0.39 is 5.97 Å². The van der Waals surface area contributed by atoms with Crippen LogP contribution in [0.5, 0.6) is 0 Å². The van der Waals surface area contributed by atoms with Crippen LogP contribution in [0, 0.1) is 0 Å². The van der Waals surface area contributed by atoms with Crippen LogP contribution in [0.25, 0.3) is 10.9 Å². The first kappa shape index (κ1) is 14.1. The van der Waals surface area contributed by atoms with E-state index in [-0.39, 0.29) is 17.0 Å². The fraction of sp³-hybridized carbons (Fsp3) is 0.250. The molecule has 0 amide bonds. The first-order valence-corrected chi connectivity index (χ1v) is 6.47. The Balaban J connectivity index is 2.93. The van der Waals surface area contributed by atoms with E-state index in [0.717, 1.165) is 16.5 Å². The van der Waals surface area contributed by atoms with Crippen molar-refractivity contribution in [2.45, 2.75) is 26.3 Å². The minimum Gasteiger partial charge on any atom is -0.478 e. The molecule has 4 nitrogen and oxygen atoms in total. The number of rotatable bonds is 4. The van der Waals surface area contributed by atoms with Gasteiger partial charge in [0.1, 0.15) is 0 Å². The predicted octanol–water partition coefficient (Wildman–Crippen LogP) is 3.01. The van der Waals surface area contributed by atoms with Gasteiger partial charge in [-0.3, -0.25) is 4.79 Å². The number of aromatic carboxylic acids is 1. The molecule has 0 aliphatic rings. The van der Waals surface area contributed by atoms with Crippen LogP contribution in [-0.2, 0) is 6.54 Å². The van der Waals surface area contributed by atoms with Gasteiger partial charge in [0.05, 0.1) is 11.1 Å². The fourth-order valence-electron chi connectivity index (χ4n) is 2.35. The predicted molar refractivity (Wildman–Crippen MR) is 79.5 cm³/mol. The zero-order valence-electron chi connectivity index (χ0n) is 11.6. The lowest BCUT2D eigenvalue weighted by Gasteiger charge is -2.16. The van der Waals surface area contributed by atoms with Gasteiger partial charge in [-0.25, -0.2) is 4.79 Å². The highest BCUT2D eigenvalue weighted by molar-refractivity contribution is 5.95. The van der Waals surface area contributed by atoms with E-state index in [2.05, 4.69) is 6.58 Å². The van der Waals surface area contributed by atoms with Crippen LogP contribution < -0.4 is 5.56 Å². The molecule has 0 saturated heterocycles. The normalized spacial score (nSPS) is 10.9. The van der Waals surface area contributed by atoms with E-state index in [4.69, 9.17) is 0 Å². The van der Waals surface area contributed by atoms with Gasteiger partial charge in [0.2, 0.25) is 0 Å². The van der Waals surface area contributed by atoms with Crippen molar-refractivity contribution in [1.82, 2.24) is 4.57 Å². The van der Waals surface area contributed by atoms with E-state index in [0.29, 0.717) is 6.54 Å². The second-order valence-electron chi connectivity index (χ2n) is 5.03. The zero-order valence-corrected chi connectivity index (χ0v) is 11.6. The standard InChI is InChI=1S/C16H17NO3/c1-4-7-17-14(18)6-5-11-8-12(16(19)20)9-13(10(2)3)15(11)17/h4-6,8-10H,1,7H2,2-3H3,(H,19,20). The lowest BCUT2D eigenvalue weighted by atomic mass is 9.96. The Kier molecular flexibility index (Phi) is 3.74. The van der Waals surface area contributed by atoms with Crippen molar-refractivity contribution in [2.24, 2.45) is 0 Å². The van der Waals surface area contributed by atoms with E-state index in [1.807, 2.05) is 13.8 Å². The summed E-state index contributed by atoms with van der Waals surface area (Å²) in [6.07, 6.45) is 1.66. The van der Waals surface area contributed by atoms with Gasteiger partial charge in [0, 0.05) is 12.6 Å². The lowest BCUT2D eigenvalue weighted by molar-refractivity contribution is 0.0697. The molecule has 0 spiro atoms. The molecule has 0 radical (unpaired) electrons. The van der Waals surface area contributed by atoms with Gasteiger partial charge in [-0.15, -0.1) is 6.58 Å². The molecular weight excluding hydrogens is 254 g/mol. The summed E-state index contributed by atoms with van der Waals surface area (Å²) in [7, 11) is 0. The molecule has 0 atom stereocenters. The summed E-state index contributed by atoms with van der Waals surface area (Å²) >= 11 is 0. The second kappa shape index (κ2) is 5.33. The molecular formula is C16H17NO3. The number of benzene rings is 1. The highest BCUT2D eigenvalue weighted by Gasteiger charge is 2.14. The molecule has 0 unspecified atom stereocenters. The monoisotopic (exact) mass is 271 g/mol. The Morgan fingerprint density at radius 1 is 1.40 bits per heavy atom. The minimum atomic E-state index is -0.963. The lowest BCUT2D eigenvalue weighted by Crippen LogP contribution is -2.20. The first-order valence-electron chi connectivity index (χ1n) is 6.47. The summed E-state index contributed by atoms with van der Waals surface area (Å²) in [6, 6.07) is 6.38. The number of aromatic nitrogens is 1. The van der Waals surface area contributed by atoms with Crippen LogP contribution in [0.2, 0.25) is 0 Å². The molecule has 104 valence electrons. The molecule has 0 aliphatic carbocycles. The Hall–Kier alpha value is -2.36. The second-order valence-corrected chi connectivity index (χ2v) is 5.03. The largest absolute Gasteiger partial charge is 0.478 e. The smallest absolute Gasteiger partial charge is 0.335 e. The minimum absolute atomic E-state index is 0.109. The van der Waals surface area contributed by atoms with Crippen LogP contribution in [0.3, 0.4) is 0 Å². The number of carboxylic acids is 1. The Bertz CT molecular complexity index is 741. The number of pyridine rings is 1. The van der Waals surface area contributed by atoms with Crippen LogP contribution in [0.15, 0.2) is 41.7 Å². The molecule has 0 saturated carbocycles. The number of hydrogen-bond acceptors (Lipinski definition) is 2. The van der Waals surface area contributed by atoms with Crippen molar-refractivity contribution in [1.29, 1.82) is 0 Å². The van der Waals surface area contributed by atoms with Gasteiger partial charge in [0.15, 0.2) is 0 Å². The van der Waals surface area contributed by atoms with Crippen LogP contribution in [-0.4, -0.2) is 15.6 Å².